The first-order chi connectivity index (χ1) is 31.9. The zero-order chi connectivity index (χ0) is 50.0. The van der Waals surface area contributed by atoms with Crippen LogP contribution in [0.3, 0.4) is 0 Å². The van der Waals surface area contributed by atoms with Gasteiger partial charge in [-0.05, 0) is 72.5 Å². The highest BCUT2D eigenvalue weighted by molar-refractivity contribution is 5.09. The molecule has 0 spiro atoms. The van der Waals surface area contributed by atoms with E-state index in [0.717, 1.165) is 69.6 Å². The van der Waals surface area contributed by atoms with Crippen LogP contribution < -0.4 is 0 Å². The van der Waals surface area contributed by atoms with Crippen molar-refractivity contribution in [2.75, 3.05) is 0 Å². The molecule has 0 unspecified atom stereocenters. The molecule has 372 valence electrons. The number of aromatic nitrogens is 15. The molecule has 0 saturated heterocycles. The van der Waals surface area contributed by atoms with Gasteiger partial charge in [-0.2, -0.15) is 0 Å². The summed E-state index contributed by atoms with van der Waals surface area (Å²) in [4.78, 5) is 23.4. The summed E-state index contributed by atoms with van der Waals surface area (Å²) in [7, 11) is 0. The molecular formula is C52H89N15. The van der Waals surface area contributed by atoms with Gasteiger partial charge in [0.15, 0.2) is 0 Å². The molecule has 0 fully saturated rings. The molecule has 15 nitrogen and oxygen atoms in total. The van der Waals surface area contributed by atoms with E-state index >= 15 is 0 Å². The zero-order valence-corrected chi connectivity index (χ0v) is 44.3. The number of H-pyrrole nitrogens is 1. The molecule has 0 aliphatic carbocycles. The summed E-state index contributed by atoms with van der Waals surface area (Å²) >= 11 is 0. The van der Waals surface area contributed by atoms with Crippen molar-refractivity contribution < 1.29 is 0 Å². The first kappa shape index (κ1) is 59.3. The summed E-state index contributed by atoms with van der Waals surface area (Å²) in [6.45, 7) is 40.1. The second-order valence-electron chi connectivity index (χ2n) is 19.6. The van der Waals surface area contributed by atoms with E-state index in [1.165, 1.54) is 11.4 Å². The molecule has 0 bridgehead atoms. The molecule has 1 N–H and O–H groups in total. The third kappa shape index (κ3) is 31.8. The fourth-order valence-electron chi connectivity index (χ4n) is 6.25. The average molecular weight is 924 g/mol. The molecule has 0 aliphatic heterocycles. The second-order valence-corrected chi connectivity index (χ2v) is 19.6. The lowest BCUT2D eigenvalue weighted by atomic mass is 10.0. The van der Waals surface area contributed by atoms with Crippen LogP contribution in [-0.4, -0.2) is 73.4 Å². The minimum absolute atomic E-state index is 0.645. The van der Waals surface area contributed by atoms with E-state index in [4.69, 9.17) is 0 Å². The molecular weight excluding hydrogens is 835 g/mol. The Morgan fingerprint density at radius 3 is 1.51 bits per heavy atom. The van der Waals surface area contributed by atoms with Crippen LogP contribution >= 0.6 is 0 Å². The van der Waals surface area contributed by atoms with Gasteiger partial charge >= 0.3 is 0 Å². The Balaban J connectivity index is 0.000000391. The lowest BCUT2D eigenvalue weighted by Crippen LogP contribution is -2.06. The first-order valence-electron chi connectivity index (χ1n) is 24.3. The molecule has 0 aliphatic rings. The number of aromatic amines is 1. The molecule has 7 rings (SSSR count). The van der Waals surface area contributed by atoms with Crippen LogP contribution in [0.5, 0.6) is 0 Å². The minimum atomic E-state index is 0.645. The number of nitrogens with one attached hydrogen (secondary N) is 1. The largest absolute Gasteiger partial charge is 0.349 e. The van der Waals surface area contributed by atoms with E-state index in [1.807, 2.05) is 78.3 Å². The Kier molecular flexibility index (Phi) is 31.4. The highest BCUT2D eigenvalue weighted by atomic mass is 15.4. The van der Waals surface area contributed by atoms with Crippen LogP contribution in [0.2, 0.25) is 0 Å². The number of pyridine rings is 1. The van der Waals surface area contributed by atoms with Crippen molar-refractivity contribution in [3.8, 4) is 0 Å². The topological polar surface area (TPSA) is 156 Å². The minimum Gasteiger partial charge on any atom is -0.349 e. The van der Waals surface area contributed by atoms with E-state index in [-0.39, 0.29) is 0 Å². The molecule has 0 aromatic carbocycles. The maximum atomic E-state index is 4.25. The van der Waals surface area contributed by atoms with Crippen LogP contribution in [0, 0.1) is 48.3 Å². The molecule has 7 aromatic heterocycles. The average Bonchev–Trinajstić information content (AvgIpc) is 4.11. The Bertz CT molecular complexity index is 1890. The quantitative estimate of drug-likeness (QED) is 0.106. The van der Waals surface area contributed by atoms with Gasteiger partial charge in [0, 0.05) is 114 Å². The molecule has 0 radical (unpaired) electrons. The lowest BCUT2D eigenvalue weighted by Gasteiger charge is -2.08. The van der Waals surface area contributed by atoms with Gasteiger partial charge in [0.1, 0.15) is 30.1 Å². The van der Waals surface area contributed by atoms with Crippen molar-refractivity contribution in [2.45, 2.75) is 163 Å². The monoisotopic (exact) mass is 924 g/mol. The van der Waals surface area contributed by atoms with E-state index in [0.29, 0.717) is 35.5 Å². The first-order valence-corrected chi connectivity index (χ1v) is 24.3. The van der Waals surface area contributed by atoms with Crippen molar-refractivity contribution in [1.29, 1.82) is 0 Å². The normalized spacial score (nSPS) is 10.6. The van der Waals surface area contributed by atoms with Crippen molar-refractivity contribution in [1.82, 2.24) is 73.4 Å². The number of hydrogen-bond donors (Lipinski definition) is 1. The van der Waals surface area contributed by atoms with Gasteiger partial charge in [0.05, 0.1) is 12.5 Å². The summed E-state index contributed by atoms with van der Waals surface area (Å²) in [5, 5.41) is 14.9. The van der Waals surface area contributed by atoms with Gasteiger partial charge in [-0.25, -0.2) is 19.9 Å². The smallest absolute Gasteiger partial charge is 0.119 e. The summed E-state index contributed by atoms with van der Waals surface area (Å²) in [6, 6.07) is 4.14. The van der Waals surface area contributed by atoms with E-state index < -0.39 is 0 Å². The second kappa shape index (κ2) is 35.5. The van der Waals surface area contributed by atoms with E-state index in [2.05, 4.69) is 186 Å². The third-order valence-corrected chi connectivity index (χ3v) is 8.92. The number of rotatable bonds is 15. The van der Waals surface area contributed by atoms with Gasteiger partial charge in [-0.1, -0.05) is 109 Å². The highest BCUT2D eigenvalue weighted by Crippen LogP contribution is 2.06. The molecule has 0 atom stereocenters. The summed E-state index contributed by atoms with van der Waals surface area (Å²) < 4.78 is 10.3. The number of aryl methyl sites for hydroxylation is 2. The van der Waals surface area contributed by atoms with Gasteiger partial charge in [-0.15, -0.1) is 15.3 Å². The summed E-state index contributed by atoms with van der Waals surface area (Å²) in [5.74, 6) is 8.24. The Morgan fingerprint density at radius 2 is 1.04 bits per heavy atom. The standard InChI is InChI=1S/C9H16N2.C9H13N.C8H14N2.2C7H12N2.2C6H11N3/c1-4-9-10-5-6-11(9)7-8(2)3;1-8(2)7-9-3-5-10-6-4-9;1-7(2)6-10-5-4-9-8(10)3;1-7(2)5-9-4-3-8-6-9;1-6(2)5-7-8-3-4-9-7;1-6(2)3-9-4-7-8-5-9;1-6(2)5-9-4-3-7-8-9/h5-6,8H,4,7H2,1-3H3;3-6,8H,7H2,1-2H3;4-5,7H,6H2,1-3H3;3-4,6-7H,5H2,1-2H3;3-4,6H,5H2,1-2H3,(H,8,9);4-6H,3H2,1-2H3;3-4,6H,5H2,1-2H3. The van der Waals surface area contributed by atoms with Gasteiger partial charge < -0.3 is 23.3 Å². The van der Waals surface area contributed by atoms with Crippen molar-refractivity contribution in [3.05, 3.63) is 129 Å². The summed E-state index contributed by atoms with van der Waals surface area (Å²) in [5.41, 5.74) is 1.38. The number of nitrogens with zero attached hydrogens (tertiary/aromatic N) is 14. The third-order valence-electron chi connectivity index (χ3n) is 8.92. The fourth-order valence-corrected chi connectivity index (χ4v) is 6.25. The molecule has 0 amide bonds. The predicted molar refractivity (Wildman–Crippen MR) is 275 cm³/mol. The number of hydrogen-bond acceptors (Lipinski definition) is 9. The SMILES string of the molecule is CC(C)Cc1ccncc1.CC(C)Cc1ncc[nH]1.CC(C)Cn1ccnc1.CC(C)Cn1ccnn1.CC(C)Cn1cnnc1.CCc1nccn1CC(C)C.Cc1nccn1CC(C)C. The van der Waals surface area contributed by atoms with Gasteiger partial charge in [0.25, 0.3) is 0 Å². The van der Waals surface area contributed by atoms with Crippen molar-refractivity contribution >= 4 is 0 Å². The van der Waals surface area contributed by atoms with Crippen molar-refractivity contribution in [2.24, 2.45) is 41.4 Å². The molecule has 7 aromatic rings. The Labute approximate surface area is 404 Å². The Morgan fingerprint density at radius 1 is 0.478 bits per heavy atom. The summed E-state index contributed by atoms with van der Waals surface area (Å²) in [6.07, 6.45) is 31.1. The van der Waals surface area contributed by atoms with Crippen LogP contribution in [0.15, 0.2) is 105 Å². The van der Waals surface area contributed by atoms with Crippen LogP contribution in [0.4, 0.5) is 0 Å². The van der Waals surface area contributed by atoms with Gasteiger partial charge in [-0.3, -0.25) is 9.67 Å². The highest BCUT2D eigenvalue weighted by Gasteiger charge is 2.02. The Hall–Kier alpha value is -5.73. The van der Waals surface area contributed by atoms with E-state index in [1.54, 1.807) is 25.0 Å². The van der Waals surface area contributed by atoms with Crippen LogP contribution in [0.1, 0.15) is 127 Å². The molecule has 0 saturated carbocycles. The molecule has 67 heavy (non-hydrogen) atoms. The van der Waals surface area contributed by atoms with Crippen LogP contribution in [-0.2, 0) is 52.0 Å². The molecule has 7 heterocycles. The van der Waals surface area contributed by atoms with Crippen LogP contribution in [0.25, 0.3) is 0 Å². The number of imidazole rings is 4. The molecule has 15 heteroatoms. The van der Waals surface area contributed by atoms with Crippen molar-refractivity contribution in [3.63, 3.8) is 0 Å². The lowest BCUT2D eigenvalue weighted by molar-refractivity contribution is 0.472. The predicted octanol–water partition coefficient (Wildman–Crippen LogP) is 11.2. The maximum absolute atomic E-state index is 4.25. The zero-order valence-electron chi connectivity index (χ0n) is 44.3. The maximum Gasteiger partial charge on any atom is 0.119 e. The van der Waals surface area contributed by atoms with E-state index in [9.17, 15) is 0 Å². The fraction of sp³-hybridized carbons (Fsp3) is 0.596. The van der Waals surface area contributed by atoms with Gasteiger partial charge in [0.2, 0.25) is 0 Å².